The molecule has 6 heteroatoms. The van der Waals surface area contributed by atoms with Crippen LogP contribution in [0, 0.1) is 15.5 Å². The van der Waals surface area contributed by atoms with Crippen molar-refractivity contribution in [1.29, 1.82) is 0 Å². The average molecular weight is 349 g/mol. The summed E-state index contributed by atoms with van der Waals surface area (Å²) in [7, 11) is 0. The molecule has 1 fully saturated rings. The molecule has 0 aliphatic heterocycles. The van der Waals surface area contributed by atoms with Gasteiger partial charge in [0, 0.05) is 27.4 Å². The van der Waals surface area contributed by atoms with Crippen LogP contribution < -0.4 is 4.74 Å². The summed E-state index contributed by atoms with van der Waals surface area (Å²) >= 11 is 9.51. The molecule has 0 aromatic heterocycles. The van der Waals surface area contributed by atoms with Gasteiger partial charge in [-0.2, -0.15) is 0 Å². The van der Waals surface area contributed by atoms with Crippen LogP contribution in [0.15, 0.2) is 18.2 Å². The highest BCUT2D eigenvalue weighted by molar-refractivity contribution is 9.09. The average Bonchev–Trinajstić information content (AvgIpc) is 2.37. The second kappa shape index (κ2) is 5.29. The smallest absolute Gasteiger partial charge is 0.311 e. The van der Waals surface area contributed by atoms with E-state index in [1.807, 2.05) is 0 Å². The Kier molecular flexibility index (Phi) is 4.06. The molecule has 0 bridgehead atoms. The predicted octanol–water partition coefficient (Wildman–Crippen LogP) is 4.58. The van der Waals surface area contributed by atoms with Gasteiger partial charge in [-0.15, -0.1) is 0 Å². The molecule has 0 amide bonds. The number of ether oxygens (including phenoxy) is 1. The number of nitrogens with zero attached hydrogens (tertiary/aromatic N) is 1. The van der Waals surface area contributed by atoms with Gasteiger partial charge in [-0.05, 0) is 18.9 Å². The Bertz CT molecular complexity index is 511. The first-order valence-corrected chi connectivity index (χ1v) is 7.42. The second-order valence-corrected chi connectivity index (χ2v) is 6.58. The van der Waals surface area contributed by atoms with Gasteiger partial charge in [0.25, 0.3) is 0 Å². The normalized spacial score (nSPS) is 29.7. The quantitative estimate of drug-likeness (QED) is 0.454. The fraction of sp³-hybridized carbons (Fsp3) is 0.538. The third kappa shape index (κ3) is 2.58. The second-order valence-electron chi connectivity index (χ2n) is 5.04. The number of nitro groups is 1. The lowest BCUT2D eigenvalue weighted by Crippen LogP contribution is -2.54. The van der Waals surface area contributed by atoms with E-state index in [1.165, 1.54) is 18.2 Å². The topological polar surface area (TPSA) is 52.4 Å². The van der Waals surface area contributed by atoms with Gasteiger partial charge in [0.15, 0.2) is 5.75 Å². The highest BCUT2D eigenvalue weighted by Crippen LogP contribution is 2.50. The van der Waals surface area contributed by atoms with Crippen molar-refractivity contribution in [1.82, 2.24) is 0 Å². The molecule has 1 saturated carbocycles. The SMILES string of the molecule is CCC1(C)C(Br)CC1Oc1cc(Cl)ccc1[N+](=O)[O-]. The Labute approximate surface area is 125 Å². The van der Waals surface area contributed by atoms with E-state index in [1.54, 1.807) is 0 Å². The van der Waals surface area contributed by atoms with Crippen molar-refractivity contribution in [2.24, 2.45) is 5.41 Å². The molecular weight excluding hydrogens is 334 g/mol. The van der Waals surface area contributed by atoms with Gasteiger partial charge in [-0.1, -0.05) is 41.4 Å². The van der Waals surface area contributed by atoms with Crippen LogP contribution in [0.3, 0.4) is 0 Å². The highest BCUT2D eigenvalue weighted by Gasteiger charge is 2.51. The largest absolute Gasteiger partial charge is 0.483 e. The zero-order valence-electron chi connectivity index (χ0n) is 10.7. The Morgan fingerprint density at radius 2 is 2.32 bits per heavy atom. The van der Waals surface area contributed by atoms with Gasteiger partial charge in [0.1, 0.15) is 6.10 Å². The number of hydrogen-bond donors (Lipinski definition) is 0. The zero-order chi connectivity index (χ0) is 14.2. The molecule has 1 aromatic rings. The molecule has 1 aliphatic carbocycles. The summed E-state index contributed by atoms with van der Waals surface area (Å²) in [5, 5.41) is 11.4. The first kappa shape index (κ1) is 14.6. The van der Waals surface area contributed by atoms with E-state index in [9.17, 15) is 10.1 Å². The summed E-state index contributed by atoms with van der Waals surface area (Å²) in [4.78, 5) is 10.9. The number of hydrogen-bond acceptors (Lipinski definition) is 3. The number of nitro benzene ring substituents is 1. The van der Waals surface area contributed by atoms with Crippen molar-refractivity contribution in [3.63, 3.8) is 0 Å². The van der Waals surface area contributed by atoms with E-state index >= 15 is 0 Å². The van der Waals surface area contributed by atoms with E-state index in [0.29, 0.717) is 9.85 Å². The van der Waals surface area contributed by atoms with Crippen LogP contribution in [0.4, 0.5) is 5.69 Å². The van der Waals surface area contributed by atoms with Crippen molar-refractivity contribution in [3.05, 3.63) is 33.3 Å². The minimum Gasteiger partial charge on any atom is -0.483 e. The molecule has 0 saturated heterocycles. The van der Waals surface area contributed by atoms with Crippen LogP contribution in [0.1, 0.15) is 26.7 Å². The Morgan fingerprint density at radius 1 is 1.63 bits per heavy atom. The molecule has 0 spiro atoms. The molecule has 1 aliphatic rings. The lowest BCUT2D eigenvalue weighted by molar-refractivity contribution is -0.386. The van der Waals surface area contributed by atoms with E-state index in [-0.39, 0.29) is 23.0 Å². The highest BCUT2D eigenvalue weighted by atomic mass is 79.9. The minimum absolute atomic E-state index is 0.00378. The molecule has 3 unspecified atom stereocenters. The molecular formula is C13H15BrClNO3. The molecule has 4 nitrogen and oxygen atoms in total. The van der Waals surface area contributed by atoms with E-state index in [0.717, 1.165) is 12.8 Å². The summed E-state index contributed by atoms with van der Waals surface area (Å²) in [5.74, 6) is 0.251. The zero-order valence-corrected chi connectivity index (χ0v) is 13.1. The van der Waals surface area contributed by atoms with Crippen LogP contribution in [0.2, 0.25) is 5.02 Å². The standard InChI is InChI=1S/C13H15BrClNO3/c1-3-13(2)11(14)7-12(13)19-10-6-8(15)4-5-9(10)16(17)18/h4-6,11-12H,3,7H2,1-2H3. The maximum atomic E-state index is 11.0. The van der Waals surface area contributed by atoms with Crippen LogP contribution in [0.5, 0.6) is 5.75 Å². The van der Waals surface area contributed by atoms with Crippen LogP contribution in [-0.4, -0.2) is 15.9 Å². The number of halogens is 2. The Hall–Kier alpha value is -0.810. The maximum absolute atomic E-state index is 11.0. The van der Waals surface area contributed by atoms with Crippen molar-refractivity contribution in [2.45, 2.75) is 37.6 Å². The van der Waals surface area contributed by atoms with Crippen LogP contribution in [0.25, 0.3) is 0 Å². The first-order chi connectivity index (χ1) is 8.88. The number of benzene rings is 1. The Balaban J connectivity index is 2.25. The lowest BCUT2D eigenvalue weighted by atomic mass is 9.65. The predicted molar refractivity (Wildman–Crippen MR) is 78.3 cm³/mol. The molecule has 1 aromatic carbocycles. The molecule has 0 radical (unpaired) electrons. The van der Waals surface area contributed by atoms with Gasteiger partial charge in [-0.25, -0.2) is 0 Å². The minimum atomic E-state index is -0.445. The first-order valence-electron chi connectivity index (χ1n) is 6.13. The van der Waals surface area contributed by atoms with Gasteiger partial charge in [-0.3, -0.25) is 10.1 Å². The molecule has 3 atom stereocenters. The fourth-order valence-electron chi connectivity index (χ4n) is 2.29. The van der Waals surface area contributed by atoms with Gasteiger partial charge >= 0.3 is 5.69 Å². The molecule has 0 N–H and O–H groups in total. The number of rotatable bonds is 4. The van der Waals surface area contributed by atoms with E-state index in [2.05, 4.69) is 29.8 Å². The summed E-state index contributed by atoms with van der Waals surface area (Å²) in [6, 6.07) is 4.39. The molecule has 2 rings (SSSR count). The lowest BCUT2D eigenvalue weighted by Gasteiger charge is -2.50. The van der Waals surface area contributed by atoms with Crippen molar-refractivity contribution >= 4 is 33.2 Å². The summed E-state index contributed by atoms with van der Waals surface area (Å²) in [6.45, 7) is 4.22. The summed E-state index contributed by atoms with van der Waals surface area (Å²) in [6.07, 6.45) is 1.76. The molecule has 104 valence electrons. The summed E-state index contributed by atoms with van der Waals surface area (Å²) < 4.78 is 5.84. The Morgan fingerprint density at radius 3 is 2.84 bits per heavy atom. The third-order valence-corrected chi connectivity index (χ3v) is 5.68. The number of alkyl halides is 1. The van der Waals surface area contributed by atoms with Crippen molar-refractivity contribution in [2.75, 3.05) is 0 Å². The van der Waals surface area contributed by atoms with Crippen molar-refractivity contribution < 1.29 is 9.66 Å². The van der Waals surface area contributed by atoms with Gasteiger partial charge < -0.3 is 4.74 Å². The van der Waals surface area contributed by atoms with Gasteiger partial charge in [0.2, 0.25) is 0 Å². The van der Waals surface area contributed by atoms with Crippen LogP contribution >= 0.6 is 27.5 Å². The maximum Gasteiger partial charge on any atom is 0.311 e. The van der Waals surface area contributed by atoms with Crippen LogP contribution in [-0.2, 0) is 0 Å². The van der Waals surface area contributed by atoms with Crippen molar-refractivity contribution in [3.8, 4) is 5.75 Å². The fourth-order valence-corrected chi connectivity index (χ4v) is 3.41. The third-order valence-electron chi connectivity index (χ3n) is 4.02. The van der Waals surface area contributed by atoms with E-state index < -0.39 is 4.92 Å². The summed E-state index contributed by atoms with van der Waals surface area (Å²) in [5.41, 5.74) is -0.0446. The molecule has 0 heterocycles. The van der Waals surface area contributed by atoms with Gasteiger partial charge in [0.05, 0.1) is 4.92 Å². The van der Waals surface area contributed by atoms with E-state index in [4.69, 9.17) is 16.3 Å². The monoisotopic (exact) mass is 347 g/mol. The molecule has 19 heavy (non-hydrogen) atoms.